The zero-order valence-corrected chi connectivity index (χ0v) is 12.8. The van der Waals surface area contributed by atoms with Gasteiger partial charge < -0.3 is 20.1 Å². The van der Waals surface area contributed by atoms with Crippen molar-refractivity contribution in [3.8, 4) is 0 Å². The van der Waals surface area contributed by atoms with E-state index in [0.29, 0.717) is 5.41 Å². The number of nitrogens with one attached hydrogen (secondary N) is 1. The van der Waals surface area contributed by atoms with Crippen molar-refractivity contribution < 1.29 is 19.4 Å². The molecule has 2 N–H and O–H groups in total. The third-order valence-electron chi connectivity index (χ3n) is 4.11. The van der Waals surface area contributed by atoms with E-state index < -0.39 is 12.0 Å². The summed E-state index contributed by atoms with van der Waals surface area (Å²) >= 11 is 0. The van der Waals surface area contributed by atoms with Gasteiger partial charge in [-0.05, 0) is 31.1 Å². The summed E-state index contributed by atoms with van der Waals surface area (Å²) in [5.41, 5.74) is 0.341. The fourth-order valence-electron chi connectivity index (χ4n) is 2.53. The molecule has 20 heavy (non-hydrogen) atoms. The highest BCUT2D eigenvalue weighted by atomic mass is 16.5. The number of carboxylic acids is 1. The molecule has 116 valence electrons. The molecule has 1 aliphatic rings. The van der Waals surface area contributed by atoms with Crippen LogP contribution in [0, 0.1) is 5.41 Å². The Morgan fingerprint density at radius 1 is 1.40 bits per heavy atom. The molecule has 6 heteroatoms. The van der Waals surface area contributed by atoms with Crippen LogP contribution in [-0.4, -0.2) is 54.9 Å². The van der Waals surface area contributed by atoms with Gasteiger partial charge in [-0.25, -0.2) is 9.59 Å². The molecule has 0 aliphatic heterocycles. The van der Waals surface area contributed by atoms with Crippen LogP contribution in [0.15, 0.2) is 0 Å². The van der Waals surface area contributed by atoms with Crippen molar-refractivity contribution in [3.63, 3.8) is 0 Å². The highest BCUT2D eigenvalue weighted by molar-refractivity contribution is 5.82. The lowest BCUT2D eigenvalue weighted by atomic mass is 9.75. The van der Waals surface area contributed by atoms with Gasteiger partial charge in [0.15, 0.2) is 6.04 Å². The van der Waals surface area contributed by atoms with Crippen LogP contribution in [0.3, 0.4) is 0 Å². The summed E-state index contributed by atoms with van der Waals surface area (Å²) in [6, 6.07) is -1.17. The number of urea groups is 1. The lowest BCUT2D eigenvalue weighted by molar-refractivity contribution is -0.140. The number of carbonyl (C=O) groups excluding carboxylic acids is 1. The van der Waals surface area contributed by atoms with Crippen molar-refractivity contribution in [2.24, 2.45) is 5.41 Å². The maximum Gasteiger partial charge on any atom is 0.328 e. The molecule has 0 saturated heterocycles. The van der Waals surface area contributed by atoms with Gasteiger partial charge >= 0.3 is 12.0 Å². The molecule has 0 aromatic rings. The van der Waals surface area contributed by atoms with Crippen LogP contribution >= 0.6 is 0 Å². The van der Waals surface area contributed by atoms with Crippen LogP contribution in [0.2, 0.25) is 0 Å². The quantitative estimate of drug-likeness (QED) is 0.806. The molecule has 1 saturated carbocycles. The SMILES string of the molecule is COCC(NC(=O)N(C)C1CCC(C)(C)CC1)C(=O)O. The first-order valence-electron chi connectivity index (χ1n) is 7.02. The van der Waals surface area contributed by atoms with E-state index in [1.165, 1.54) is 7.11 Å². The summed E-state index contributed by atoms with van der Waals surface area (Å²) in [4.78, 5) is 24.7. The van der Waals surface area contributed by atoms with E-state index in [1.54, 1.807) is 11.9 Å². The average Bonchev–Trinajstić information content (AvgIpc) is 2.37. The predicted octanol–water partition coefficient (Wildman–Crippen LogP) is 1.70. The molecule has 0 radical (unpaired) electrons. The third kappa shape index (κ3) is 4.67. The van der Waals surface area contributed by atoms with Crippen molar-refractivity contribution in [1.82, 2.24) is 10.2 Å². The Hall–Kier alpha value is -1.30. The molecule has 0 heterocycles. The first kappa shape index (κ1) is 16.8. The van der Waals surface area contributed by atoms with Crippen LogP contribution in [0.4, 0.5) is 4.79 Å². The van der Waals surface area contributed by atoms with Crippen molar-refractivity contribution in [2.75, 3.05) is 20.8 Å². The van der Waals surface area contributed by atoms with Gasteiger partial charge in [0.1, 0.15) is 0 Å². The maximum atomic E-state index is 12.1. The number of amides is 2. The molecule has 1 rings (SSSR count). The van der Waals surface area contributed by atoms with Crippen molar-refractivity contribution in [1.29, 1.82) is 0 Å². The molecule has 1 fully saturated rings. The predicted molar refractivity (Wildman–Crippen MR) is 75.6 cm³/mol. The highest BCUT2D eigenvalue weighted by Crippen LogP contribution is 2.36. The summed E-state index contributed by atoms with van der Waals surface area (Å²) < 4.78 is 4.80. The van der Waals surface area contributed by atoms with Gasteiger partial charge in [-0.1, -0.05) is 13.8 Å². The number of nitrogens with zero attached hydrogens (tertiary/aromatic N) is 1. The van der Waals surface area contributed by atoms with E-state index in [1.807, 2.05) is 0 Å². The van der Waals surface area contributed by atoms with E-state index in [9.17, 15) is 9.59 Å². The molecule has 0 aromatic heterocycles. The Morgan fingerprint density at radius 3 is 2.40 bits per heavy atom. The number of ether oxygens (including phenoxy) is 1. The number of aliphatic carboxylic acids is 1. The van der Waals surface area contributed by atoms with Crippen LogP contribution in [-0.2, 0) is 9.53 Å². The van der Waals surface area contributed by atoms with Gasteiger partial charge in [0.2, 0.25) is 0 Å². The summed E-state index contributed by atoms with van der Waals surface area (Å²) in [7, 11) is 3.14. The zero-order chi connectivity index (χ0) is 15.3. The second-order valence-electron chi connectivity index (χ2n) is 6.30. The molecule has 1 atom stereocenters. The second kappa shape index (κ2) is 6.92. The van der Waals surface area contributed by atoms with Crippen LogP contribution in [0.1, 0.15) is 39.5 Å². The fourth-order valence-corrected chi connectivity index (χ4v) is 2.53. The Kier molecular flexibility index (Phi) is 5.80. The lowest BCUT2D eigenvalue weighted by Gasteiger charge is -2.38. The number of carbonyl (C=O) groups is 2. The van der Waals surface area contributed by atoms with Crippen molar-refractivity contribution in [2.45, 2.75) is 51.6 Å². The minimum atomic E-state index is -1.08. The van der Waals surface area contributed by atoms with Gasteiger partial charge in [-0.3, -0.25) is 0 Å². The van der Waals surface area contributed by atoms with Crippen molar-refractivity contribution >= 4 is 12.0 Å². The zero-order valence-electron chi connectivity index (χ0n) is 12.8. The van der Waals surface area contributed by atoms with E-state index in [2.05, 4.69) is 19.2 Å². The van der Waals surface area contributed by atoms with E-state index >= 15 is 0 Å². The summed E-state index contributed by atoms with van der Waals surface area (Å²) in [5.74, 6) is -1.08. The molecule has 1 aliphatic carbocycles. The Bertz CT molecular complexity index is 347. The minimum Gasteiger partial charge on any atom is -0.480 e. The molecule has 1 unspecified atom stereocenters. The number of hydrogen-bond donors (Lipinski definition) is 2. The highest BCUT2D eigenvalue weighted by Gasteiger charge is 2.31. The number of hydrogen-bond acceptors (Lipinski definition) is 3. The van der Waals surface area contributed by atoms with E-state index in [-0.39, 0.29) is 18.7 Å². The Morgan fingerprint density at radius 2 is 1.95 bits per heavy atom. The van der Waals surface area contributed by atoms with Crippen LogP contribution in [0.25, 0.3) is 0 Å². The third-order valence-corrected chi connectivity index (χ3v) is 4.11. The lowest BCUT2D eigenvalue weighted by Crippen LogP contribution is -2.52. The molecule has 2 amide bonds. The van der Waals surface area contributed by atoms with Gasteiger partial charge in [0, 0.05) is 20.2 Å². The molecular formula is C14H26N2O4. The number of carboxylic acid groups (broad SMARTS) is 1. The topological polar surface area (TPSA) is 78.9 Å². The normalized spacial score (nSPS) is 20.2. The average molecular weight is 286 g/mol. The summed E-state index contributed by atoms with van der Waals surface area (Å²) in [5, 5.41) is 11.5. The molecule has 0 aromatic carbocycles. The van der Waals surface area contributed by atoms with Gasteiger partial charge in [0.25, 0.3) is 0 Å². The van der Waals surface area contributed by atoms with Gasteiger partial charge in [-0.15, -0.1) is 0 Å². The summed E-state index contributed by atoms with van der Waals surface area (Å²) in [6.07, 6.45) is 4.07. The smallest absolute Gasteiger partial charge is 0.328 e. The maximum absolute atomic E-state index is 12.1. The first-order valence-corrected chi connectivity index (χ1v) is 7.02. The summed E-state index contributed by atoms with van der Waals surface area (Å²) in [6.45, 7) is 4.44. The minimum absolute atomic E-state index is 0.0351. The van der Waals surface area contributed by atoms with Crippen LogP contribution < -0.4 is 5.32 Å². The second-order valence-corrected chi connectivity index (χ2v) is 6.30. The van der Waals surface area contributed by atoms with E-state index in [4.69, 9.17) is 9.84 Å². The molecular weight excluding hydrogens is 260 g/mol. The Labute approximate surface area is 120 Å². The van der Waals surface area contributed by atoms with Gasteiger partial charge in [-0.2, -0.15) is 0 Å². The largest absolute Gasteiger partial charge is 0.480 e. The molecule has 6 nitrogen and oxygen atoms in total. The monoisotopic (exact) mass is 286 g/mol. The van der Waals surface area contributed by atoms with Crippen LogP contribution in [0.5, 0.6) is 0 Å². The first-order chi connectivity index (χ1) is 9.26. The number of rotatable bonds is 5. The van der Waals surface area contributed by atoms with Gasteiger partial charge in [0.05, 0.1) is 6.61 Å². The van der Waals surface area contributed by atoms with E-state index in [0.717, 1.165) is 25.7 Å². The fraction of sp³-hybridized carbons (Fsp3) is 0.857. The van der Waals surface area contributed by atoms with Crippen molar-refractivity contribution in [3.05, 3.63) is 0 Å². The Balaban J connectivity index is 2.52. The molecule has 0 bridgehead atoms. The standard InChI is InChI=1S/C14H26N2O4/c1-14(2)7-5-10(6-8-14)16(3)13(19)15-11(9-20-4)12(17)18/h10-11H,5-9H2,1-4H3,(H,15,19)(H,17,18). The number of methoxy groups -OCH3 is 1. The molecule has 0 spiro atoms.